The molecular formula is C14H11Cl2NO. The zero-order valence-corrected chi connectivity index (χ0v) is 10.9. The van der Waals surface area contributed by atoms with Crippen LogP contribution in [0.3, 0.4) is 0 Å². The minimum absolute atomic E-state index is 0.0712. The Bertz CT molecular complexity index is 763. The predicted molar refractivity (Wildman–Crippen MR) is 75.7 cm³/mol. The summed E-state index contributed by atoms with van der Waals surface area (Å²) in [4.78, 5) is 13.1. The number of halogens is 2. The molecule has 1 amide bonds. The van der Waals surface area contributed by atoms with E-state index in [4.69, 9.17) is 30.1 Å². The van der Waals surface area contributed by atoms with Crippen molar-refractivity contribution in [1.29, 1.82) is 0 Å². The van der Waals surface area contributed by atoms with Gasteiger partial charge in [0.05, 0.1) is 22.6 Å². The van der Waals surface area contributed by atoms with Crippen LogP contribution in [0.2, 0.25) is 10.0 Å². The fourth-order valence-electron chi connectivity index (χ4n) is 1.48. The Morgan fingerprint density at radius 3 is 2.22 bits per heavy atom. The van der Waals surface area contributed by atoms with E-state index < -0.39 is 36.1 Å². The van der Waals surface area contributed by atoms with Crippen LogP contribution in [-0.2, 0) is 4.79 Å². The lowest BCUT2D eigenvalue weighted by Crippen LogP contribution is -2.23. The Labute approximate surface area is 123 Å². The molecule has 0 fully saturated rings. The molecule has 18 heavy (non-hydrogen) atoms. The van der Waals surface area contributed by atoms with Crippen LogP contribution in [0, 0.1) is 0 Å². The molecule has 0 saturated heterocycles. The monoisotopic (exact) mass is 284 g/mol. The van der Waals surface area contributed by atoms with Gasteiger partial charge in [-0.3, -0.25) is 9.69 Å². The Morgan fingerprint density at radius 2 is 1.72 bits per heavy atom. The van der Waals surface area contributed by atoms with Crippen LogP contribution in [0.25, 0.3) is 0 Å². The van der Waals surface area contributed by atoms with Crippen molar-refractivity contribution >= 4 is 40.5 Å². The van der Waals surface area contributed by atoms with Crippen molar-refractivity contribution in [3.63, 3.8) is 0 Å². The third kappa shape index (κ3) is 2.50. The SMILES string of the molecule is [2H]c1c([2H])c([2H])c(N(C(C)=O)c2c(Cl)cccc2Cl)c([2H])c1[2H]. The summed E-state index contributed by atoms with van der Waals surface area (Å²) in [6, 6.07) is 1.91. The van der Waals surface area contributed by atoms with E-state index in [2.05, 4.69) is 0 Å². The summed E-state index contributed by atoms with van der Waals surface area (Å²) >= 11 is 12.2. The average molecular weight is 285 g/mol. The first-order valence-electron chi connectivity index (χ1n) is 7.50. The van der Waals surface area contributed by atoms with E-state index >= 15 is 0 Å². The first-order valence-corrected chi connectivity index (χ1v) is 5.75. The second kappa shape index (κ2) is 5.42. The van der Waals surface area contributed by atoms with E-state index in [1.807, 2.05) is 0 Å². The van der Waals surface area contributed by atoms with Gasteiger partial charge in [-0.25, -0.2) is 0 Å². The molecule has 0 saturated carbocycles. The molecule has 0 atom stereocenters. The Balaban J connectivity index is 2.88. The van der Waals surface area contributed by atoms with Crippen LogP contribution in [-0.4, -0.2) is 5.91 Å². The number of hydrogen-bond donors (Lipinski definition) is 0. The molecule has 2 rings (SSSR count). The Morgan fingerprint density at radius 1 is 1.17 bits per heavy atom. The fraction of sp³-hybridized carbons (Fsp3) is 0.0714. The highest BCUT2D eigenvalue weighted by atomic mass is 35.5. The molecular weight excluding hydrogens is 269 g/mol. The number of carbonyl (C=O) groups excluding carboxylic acids is 1. The number of para-hydroxylation sites is 2. The van der Waals surface area contributed by atoms with Crippen molar-refractivity contribution in [1.82, 2.24) is 0 Å². The summed E-state index contributed by atoms with van der Waals surface area (Å²) in [6.45, 7) is 1.19. The molecule has 0 unspecified atom stereocenters. The molecule has 2 aromatic rings. The molecule has 0 heterocycles. The molecule has 2 nitrogen and oxygen atoms in total. The molecule has 0 aliphatic heterocycles. The first kappa shape index (κ1) is 7.82. The minimum Gasteiger partial charge on any atom is -0.278 e. The number of amides is 1. The van der Waals surface area contributed by atoms with Crippen LogP contribution in [0.15, 0.2) is 48.4 Å². The third-order valence-electron chi connectivity index (χ3n) is 2.19. The van der Waals surface area contributed by atoms with Crippen LogP contribution in [0.1, 0.15) is 13.8 Å². The molecule has 92 valence electrons. The van der Waals surface area contributed by atoms with Crippen molar-refractivity contribution in [2.75, 3.05) is 4.90 Å². The Hall–Kier alpha value is -1.51. The lowest BCUT2D eigenvalue weighted by molar-refractivity contribution is -0.115. The minimum atomic E-state index is -0.585. The van der Waals surface area contributed by atoms with Gasteiger partial charge >= 0.3 is 0 Å². The third-order valence-corrected chi connectivity index (χ3v) is 2.80. The van der Waals surface area contributed by atoms with Crippen molar-refractivity contribution in [3.05, 3.63) is 58.5 Å². The number of benzene rings is 2. The van der Waals surface area contributed by atoms with Crippen molar-refractivity contribution in [2.45, 2.75) is 6.92 Å². The zero-order valence-electron chi connectivity index (χ0n) is 14.3. The van der Waals surface area contributed by atoms with Gasteiger partial charge in [-0.05, 0) is 24.2 Å². The highest BCUT2D eigenvalue weighted by Crippen LogP contribution is 2.37. The summed E-state index contributed by atoms with van der Waals surface area (Å²) in [5.41, 5.74) is -0.222. The maximum atomic E-state index is 12.1. The summed E-state index contributed by atoms with van der Waals surface area (Å²) in [7, 11) is 0. The largest absolute Gasteiger partial charge is 0.278 e. The second-order valence-electron chi connectivity index (χ2n) is 3.40. The summed E-state index contributed by atoms with van der Waals surface area (Å²) in [6.07, 6.45) is 0. The molecule has 0 bridgehead atoms. The summed E-state index contributed by atoms with van der Waals surface area (Å²) < 4.78 is 39.1. The van der Waals surface area contributed by atoms with Gasteiger partial charge in [0.1, 0.15) is 0 Å². The van der Waals surface area contributed by atoms with Crippen LogP contribution in [0.4, 0.5) is 11.4 Å². The van der Waals surface area contributed by atoms with Crippen LogP contribution in [0.5, 0.6) is 0 Å². The number of nitrogens with zero attached hydrogens (tertiary/aromatic N) is 1. The molecule has 0 aliphatic carbocycles. The number of anilines is 2. The van der Waals surface area contributed by atoms with E-state index in [1.54, 1.807) is 6.07 Å². The number of rotatable bonds is 2. The quantitative estimate of drug-likeness (QED) is 0.784. The van der Waals surface area contributed by atoms with Gasteiger partial charge in [-0.2, -0.15) is 0 Å². The lowest BCUT2D eigenvalue weighted by Gasteiger charge is -2.23. The smallest absolute Gasteiger partial charge is 0.228 e. The molecule has 0 N–H and O–H groups in total. The van der Waals surface area contributed by atoms with E-state index in [0.29, 0.717) is 0 Å². The van der Waals surface area contributed by atoms with E-state index in [0.717, 1.165) is 4.90 Å². The topological polar surface area (TPSA) is 20.3 Å². The van der Waals surface area contributed by atoms with E-state index in [9.17, 15) is 4.79 Å². The molecule has 4 heteroatoms. The molecule has 0 aliphatic rings. The fourth-order valence-corrected chi connectivity index (χ4v) is 2.05. The van der Waals surface area contributed by atoms with Crippen molar-refractivity contribution < 1.29 is 11.6 Å². The molecule has 0 aromatic heterocycles. The van der Waals surface area contributed by atoms with Gasteiger partial charge in [0.25, 0.3) is 0 Å². The van der Waals surface area contributed by atoms with Gasteiger partial charge in [0.2, 0.25) is 5.91 Å². The van der Waals surface area contributed by atoms with Gasteiger partial charge in [0, 0.05) is 12.6 Å². The number of hydrogen-bond acceptors (Lipinski definition) is 1. The summed E-state index contributed by atoms with van der Waals surface area (Å²) in [5, 5.41) is 0.249. The maximum Gasteiger partial charge on any atom is 0.228 e. The van der Waals surface area contributed by atoms with Gasteiger partial charge in [0.15, 0.2) is 0 Å². The molecule has 0 spiro atoms. The van der Waals surface area contributed by atoms with Gasteiger partial charge in [-0.1, -0.05) is 47.4 Å². The summed E-state index contributed by atoms with van der Waals surface area (Å²) in [5.74, 6) is -0.585. The Kier molecular flexibility index (Phi) is 2.36. The lowest BCUT2D eigenvalue weighted by atomic mass is 10.2. The van der Waals surface area contributed by atoms with Gasteiger partial charge < -0.3 is 0 Å². The van der Waals surface area contributed by atoms with E-state index in [-0.39, 0.29) is 21.4 Å². The highest BCUT2D eigenvalue weighted by molar-refractivity contribution is 6.40. The van der Waals surface area contributed by atoms with Crippen LogP contribution < -0.4 is 4.90 Å². The normalized spacial score (nSPS) is 14.1. The van der Waals surface area contributed by atoms with E-state index in [1.165, 1.54) is 19.1 Å². The first-order chi connectivity index (χ1) is 10.7. The second-order valence-corrected chi connectivity index (χ2v) is 4.21. The van der Waals surface area contributed by atoms with Gasteiger partial charge in [-0.15, -0.1) is 0 Å². The standard InChI is InChI=1S/C14H11Cl2NO/c1-10(18)17(11-6-3-2-4-7-11)14-12(15)8-5-9-13(14)16/h2-9H,1H3/i2D,3D,4D,6D,7D. The zero-order chi connectivity index (χ0) is 17.5. The highest BCUT2D eigenvalue weighted by Gasteiger charge is 2.19. The molecule has 0 radical (unpaired) electrons. The maximum absolute atomic E-state index is 12.1. The molecule has 2 aromatic carbocycles. The number of carbonyl (C=O) groups is 1. The van der Waals surface area contributed by atoms with Crippen molar-refractivity contribution in [2.24, 2.45) is 0 Å². The predicted octanol–water partition coefficient (Wildman–Crippen LogP) is 4.68. The average Bonchev–Trinajstić information content (AvgIpc) is 2.49. The van der Waals surface area contributed by atoms with Crippen molar-refractivity contribution in [3.8, 4) is 0 Å². The van der Waals surface area contributed by atoms with Crippen LogP contribution >= 0.6 is 23.2 Å².